The maximum atomic E-state index is 12.1. The lowest BCUT2D eigenvalue weighted by Crippen LogP contribution is -2.37. The van der Waals surface area contributed by atoms with Crippen molar-refractivity contribution in [3.8, 4) is 0 Å². The van der Waals surface area contributed by atoms with E-state index in [2.05, 4.69) is 10.3 Å². The summed E-state index contributed by atoms with van der Waals surface area (Å²) >= 11 is 5.87. The van der Waals surface area contributed by atoms with E-state index in [1.807, 2.05) is 0 Å². The Morgan fingerprint density at radius 3 is 3.00 bits per heavy atom. The molecule has 1 atom stereocenters. The molecule has 1 heterocycles. The summed E-state index contributed by atoms with van der Waals surface area (Å²) in [6.45, 7) is -0.227. The summed E-state index contributed by atoms with van der Waals surface area (Å²) in [6, 6.07) is 4.72. The van der Waals surface area contributed by atoms with E-state index in [9.17, 15) is 4.79 Å². The third-order valence-corrected chi connectivity index (χ3v) is 2.99. The quantitative estimate of drug-likeness (QED) is 0.724. The minimum absolute atomic E-state index is 0.136. The number of carbonyl (C=O) groups excluding carboxylic acids is 1. The number of H-pyrrole nitrogens is 1. The minimum atomic E-state index is -0.579. The zero-order valence-corrected chi connectivity index (χ0v) is 10.1. The Balaban J connectivity index is 2.46. The summed E-state index contributed by atoms with van der Waals surface area (Å²) < 4.78 is 0. The molecule has 0 bridgehead atoms. The lowest BCUT2D eigenvalue weighted by molar-refractivity contribution is 0.0906. The highest BCUT2D eigenvalue weighted by molar-refractivity contribution is 6.31. The van der Waals surface area contributed by atoms with Gasteiger partial charge in [-0.1, -0.05) is 17.7 Å². The third kappa shape index (κ3) is 2.20. The molecule has 0 saturated heterocycles. The molecule has 4 nitrogen and oxygen atoms in total. The fourth-order valence-corrected chi connectivity index (χ4v) is 1.97. The van der Waals surface area contributed by atoms with Crippen molar-refractivity contribution in [3.05, 3.63) is 35.0 Å². The van der Waals surface area contributed by atoms with Crippen LogP contribution in [0.4, 0.5) is 0 Å². The molecule has 0 aliphatic rings. The lowest BCUT2D eigenvalue weighted by Gasteiger charge is -2.10. The normalized spacial score (nSPS) is 12.9. The minimum Gasteiger partial charge on any atom is -0.394 e. The van der Waals surface area contributed by atoms with E-state index in [1.165, 1.54) is 0 Å². The topological polar surface area (TPSA) is 65.1 Å². The molecule has 3 N–H and O–H groups in total. The number of carbonyl (C=O) groups is 1. The van der Waals surface area contributed by atoms with E-state index in [-0.39, 0.29) is 12.4 Å². The number of aliphatic hydroxyl groups is 1. The molecular weight excluding hydrogens is 240 g/mol. The van der Waals surface area contributed by atoms with Crippen molar-refractivity contribution < 1.29 is 9.90 Å². The smallest absolute Gasteiger partial charge is 0.184 e. The first-order valence-corrected chi connectivity index (χ1v) is 5.64. The fourth-order valence-electron chi connectivity index (χ4n) is 1.80. The van der Waals surface area contributed by atoms with Crippen molar-refractivity contribution in [1.82, 2.24) is 10.3 Å². The SMILES string of the molecule is CNC(CO)C(=O)c1c[nH]c2cc(Cl)ccc12. The Labute approximate surface area is 104 Å². The molecule has 0 radical (unpaired) electrons. The first kappa shape index (κ1) is 12.1. The van der Waals surface area contributed by atoms with Crippen molar-refractivity contribution in [3.63, 3.8) is 0 Å². The molecule has 2 rings (SSSR count). The second-order valence-electron chi connectivity index (χ2n) is 3.78. The standard InChI is InChI=1S/C12H13ClN2O2/c1-14-11(6-16)12(17)9-5-15-10-4-7(13)2-3-8(9)10/h2-5,11,14-16H,6H2,1H3. The van der Waals surface area contributed by atoms with Crippen LogP contribution in [-0.4, -0.2) is 35.6 Å². The summed E-state index contributed by atoms with van der Waals surface area (Å²) in [5, 5.41) is 13.3. The van der Waals surface area contributed by atoms with E-state index in [0.29, 0.717) is 10.6 Å². The van der Waals surface area contributed by atoms with E-state index < -0.39 is 6.04 Å². The number of aromatic amines is 1. The van der Waals surface area contributed by atoms with Gasteiger partial charge in [-0.2, -0.15) is 0 Å². The van der Waals surface area contributed by atoms with Gasteiger partial charge in [-0.25, -0.2) is 0 Å². The van der Waals surface area contributed by atoms with Crippen LogP contribution in [0.2, 0.25) is 5.02 Å². The maximum absolute atomic E-state index is 12.1. The van der Waals surface area contributed by atoms with Crippen molar-refractivity contribution in [2.75, 3.05) is 13.7 Å². The van der Waals surface area contributed by atoms with Crippen molar-refractivity contribution in [2.24, 2.45) is 0 Å². The number of ketones is 1. The van der Waals surface area contributed by atoms with Crippen LogP contribution < -0.4 is 5.32 Å². The van der Waals surface area contributed by atoms with Gasteiger partial charge in [-0.05, 0) is 19.2 Å². The molecule has 2 aromatic rings. The molecule has 17 heavy (non-hydrogen) atoms. The summed E-state index contributed by atoms with van der Waals surface area (Å²) in [6.07, 6.45) is 1.64. The van der Waals surface area contributed by atoms with Crippen LogP contribution in [0.25, 0.3) is 10.9 Å². The summed E-state index contributed by atoms with van der Waals surface area (Å²) in [5.41, 5.74) is 1.37. The monoisotopic (exact) mass is 252 g/mol. The molecule has 0 saturated carbocycles. The average Bonchev–Trinajstić information content (AvgIpc) is 2.73. The molecule has 0 amide bonds. The number of aliphatic hydroxyl groups excluding tert-OH is 1. The molecule has 0 aliphatic carbocycles. The van der Waals surface area contributed by atoms with Gasteiger partial charge < -0.3 is 15.4 Å². The van der Waals surface area contributed by atoms with E-state index in [4.69, 9.17) is 16.7 Å². The first-order valence-electron chi connectivity index (χ1n) is 5.26. The van der Waals surface area contributed by atoms with Crippen LogP contribution in [0.3, 0.4) is 0 Å². The first-order chi connectivity index (χ1) is 8.17. The Bertz CT molecular complexity index is 546. The number of nitrogens with one attached hydrogen (secondary N) is 2. The number of likely N-dealkylation sites (N-methyl/N-ethyl adjacent to an activating group) is 1. The Hall–Kier alpha value is -1.36. The third-order valence-electron chi connectivity index (χ3n) is 2.76. The van der Waals surface area contributed by atoms with E-state index in [0.717, 1.165) is 10.9 Å². The number of hydrogen-bond donors (Lipinski definition) is 3. The van der Waals surface area contributed by atoms with Gasteiger partial charge in [0.15, 0.2) is 5.78 Å². The van der Waals surface area contributed by atoms with Gasteiger partial charge in [0.25, 0.3) is 0 Å². The second kappa shape index (κ2) is 4.87. The lowest BCUT2D eigenvalue weighted by atomic mass is 10.0. The van der Waals surface area contributed by atoms with E-state index in [1.54, 1.807) is 31.4 Å². The van der Waals surface area contributed by atoms with Crippen LogP contribution in [0.5, 0.6) is 0 Å². The number of hydrogen-bond acceptors (Lipinski definition) is 3. The van der Waals surface area contributed by atoms with Gasteiger partial charge in [0, 0.05) is 27.7 Å². The maximum Gasteiger partial charge on any atom is 0.184 e. The number of rotatable bonds is 4. The molecule has 0 fully saturated rings. The van der Waals surface area contributed by atoms with Gasteiger partial charge in [0.1, 0.15) is 0 Å². The Kier molecular flexibility index (Phi) is 3.47. The van der Waals surface area contributed by atoms with Gasteiger partial charge in [0.2, 0.25) is 0 Å². The zero-order valence-electron chi connectivity index (χ0n) is 9.33. The molecule has 1 aromatic heterocycles. The molecule has 1 unspecified atom stereocenters. The van der Waals surface area contributed by atoms with Gasteiger partial charge in [0.05, 0.1) is 12.6 Å². The molecule has 5 heteroatoms. The van der Waals surface area contributed by atoms with Gasteiger partial charge >= 0.3 is 0 Å². The predicted octanol–water partition coefficient (Wildman–Crippen LogP) is 1.58. The molecule has 0 aliphatic heterocycles. The number of fused-ring (bicyclic) bond motifs is 1. The number of Topliss-reactive ketones (excluding diaryl/α,β-unsaturated/α-hetero) is 1. The number of aromatic nitrogens is 1. The zero-order chi connectivity index (χ0) is 12.4. The highest BCUT2D eigenvalue weighted by atomic mass is 35.5. The largest absolute Gasteiger partial charge is 0.394 e. The van der Waals surface area contributed by atoms with Crippen LogP contribution in [-0.2, 0) is 0 Å². The highest BCUT2D eigenvalue weighted by Gasteiger charge is 2.20. The average molecular weight is 253 g/mol. The van der Waals surface area contributed by atoms with Crippen LogP contribution in [0.15, 0.2) is 24.4 Å². The predicted molar refractivity (Wildman–Crippen MR) is 67.6 cm³/mol. The van der Waals surface area contributed by atoms with Gasteiger partial charge in [-0.15, -0.1) is 0 Å². The Morgan fingerprint density at radius 1 is 1.59 bits per heavy atom. The highest BCUT2D eigenvalue weighted by Crippen LogP contribution is 2.22. The second-order valence-corrected chi connectivity index (χ2v) is 4.22. The number of halogens is 1. The van der Waals surface area contributed by atoms with E-state index >= 15 is 0 Å². The van der Waals surface area contributed by atoms with Crippen molar-refractivity contribution >= 4 is 28.3 Å². The summed E-state index contributed by atoms with van der Waals surface area (Å²) in [7, 11) is 1.64. The van der Waals surface area contributed by atoms with Crippen molar-refractivity contribution in [2.45, 2.75) is 6.04 Å². The summed E-state index contributed by atoms with van der Waals surface area (Å²) in [5.74, 6) is -0.136. The van der Waals surface area contributed by atoms with Crippen LogP contribution in [0.1, 0.15) is 10.4 Å². The molecule has 1 aromatic carbocycles. The van der Waals surface area contributed by atoms with Crippen molar-refractivity contribution in [1.29, 1.82) is 0 Å². The fraction of sp³-hybridized carbons (Fsp3) is 0.250. The van der Waals surface area contributed by atoms with Crippen LogP contribution in [0, 0.1) is 0 Å². The molecular formula is C12H13ClN2O2. The Morgan fingerprint density at radius 2 is 2.35 bits per heavy atom. The molecule has 0 spiro atoms. The molecule has 90 valence electrons. The summed E-state index contributed by atoms with van der Waals surface area (Å²) in [4.78, 5) is 15.1. The number of benzene rings is 1. The van der Waals surface area contributed by atoms with Crippen LogP contribution >= 0.6 is 11.6 Å². The van der Waals surface area contributed by atoms with Gasteiger partial charge in [-0.3, -0.25) is 4.79 Å².